The molecule has 160 valence electrons. The summed E-state index contributed by atoms with van der Waals surface area (Å²) in [4.78, 5) is 16.8. The number of hydrogen-bond acceptors (Lipinski definition) is 5. The van der Waals surface area contributed by atoms with E-state index in [1.165, 1.54) is 27.6 Å². The lowest BCUT2D eigenvalue weighted by Crippen LogP contribution is -2.41. The van der Waals surface area contributed by atoms with Crippen molar-refractivity contribution in [1.29, 1.82) is 0 Å². The van der Waals surface area contributed by atoms with Crippen molar-refractivity contribution in [2.45, 2.75) is 43.0 Å². The van der Waals surface area contributed by atoms with Gasteiger partial charge in [0, 0.05) is 36.2 Å². The number of carbonyl (C=O) groups excluding carboxylic acids is 1. The second-order valence-corrected chi connectivity index (χ2v) is 11.4. The van der Waals surface area contributed by atoms with Gasteiger partial charge in [0.25, 0.3) is 0 Å². The van der Waals surface area contributed by atoms with Gasteiger partial charge in [-0.25, -0.2) is 8.42 Å². The molecule has 1 amide bonds. The van der Waals surface area contributed by atoms with Gasteiger partial charge in [-0.1, -0.05) is 0 Å². The van der Waals surface area contributed by atoms with E-state index >= 15 is 0 Å². The number of fused-ring (bicyclic) bond motifs is 1. The highest BCUT2D eigenvalue weighted by molar-refractivity contribution is 7.89. The quantitative estimate of drug-likeness (QED) is 0.739. The van der Waals surface area contributed by atoms with E-state index in [9.17, 15) is 13.2 Å². The predicted molar refractivity (Wildman–Crippen MR) is 118 cm³/mol. The van der Waals surface area contributed by atoms with Crippen molar-refractivity contribution in [2.24, 2.45) is 5.92 Å². The summed E-state index contributed by atoms with van der Waals surface area (Å²) in [5.74, 6) is 0.621. The lowest BCUT2D eigenvalue weighted by Gasteiger charge is -2.35. The number of benzene rings is 1. The molecule has 1 aromatic carbocycles. The van der Waals surface area contributed by atoms with Crippen molar-refractivity contribution in [1.82, 2.24) is 9.21 Å². The zero-order valence-corrected chi connectivity index (χ0v) is 18.6. The van der Waals surface area contributed by atoms with Crippen LogP contribution in [0.4, 0.5) is 5.69 Å². The molecule has 1 saturated heterocycles. The molecule has 0 spiro atoms. The number of nitrogens with one attached hydrogen (secondary N) is 1. The first-order chi connectivity index (χ1) is 14.5. The van der Waals surface area contributed by atoms with E-state index in [2.05, 4.69) is 21.7 Å². The molecule has 0 unspecified atom stereocenters. The second-order valence-electron chi connectivity index (χ2n) is 8.49. The highest BCUT2D eigenvalue weighted by atomic mass is 32.2. The molecular formula is C22H27N3O3S2. The van der Waals surface area contributed by atoms with Crippen LogP contribution in [0.5, 0.6) is 0 Å². The Balaban J connectivity index is 1.24. The number of nitrogens with zero attached hydrogens (tertiary/aromatic N) is 2. The van der Waals surface area contributed by atoms with Gasteiger partial charge >= 0.3 is 0 Å². The standard InChI is InChI=1S/C22H27N3O3S2/c26-21(15-24-13-9-20-19(10-14-29-20)22(24)16-3-4-16)23-17-5-7-18(8-6-17)30(27,28)25-11-1-2-12-25/h5-8,10,14,16,22H,1-4,9,11-13,15H2,(H,23,26)/t22-/m0/s1. The maximum atomic E-state index is 12.7. The average Bonchev–Trinajstić information content (AvgIpc) is 3.20. The Morgan fingerprint density at radius 2 is 1.80 bits per heavy atom. The Labute approximate surface area is 181 Å². The van der Waals surface area contributed by atoms with Crippen molar-refractivity contribution < 1.29 is 13.2 Å². The van der Waals surface area contributed by atoms with Crippen LogP contribution in [0.1, 0.15) is 42.2 Å². The molecule has 2 aliphatic heterocycles. The minimum Gasteiger partial charge on any atom is -0.325 e. The monoisotopic (exact) mass is 445 g/mol. The summed E-state index contributed by atoms with van der Waals surface area (Å²) in [6, 6.07) is 9.15. The summed E-state index contributed by atoms with van der Waals surface area (Å²) in [6.45, 7) is 2.45. The summed E-state index contributed by atoms with van der Waals surface area (Å²) in [7, 11) is -3.43. The lowest BCUT2D eigenvalue weighted by molar-refractivity contribution is -0.118. The number of thiophene rings is 1. The number of sulfonamides is 1. The largest absolute Gasteiger partial charge is 0.325 e. The van der Waals surface area contributed by atoms with Crippen LogP contribution in [0.2, 0.25) is 0 Å². The molecule has 1 aliphatic carbocycles. The van der Waals surface area contributed by atoms with E-state index in [0.29, 0.717) is 37.3 Å². The molecule has 3 heterocycles. The molecule has 1 saturated carbocycles. The number of amides is 1. The van der Waals surface area contributed by atoms with Gasteiger partial charge < -0.3 is 5.32 Å². The van der Waals surface area contributed by atoms with Crippen LogP contribution >= 0.6 is 11.3 Å². The van der Waals surface area contributed by atoms with Crippen LogP contribution in [0, 0.1) is 5.92 Å². The summed E-state index contributed by atoms with van der Waals surface area (Å²) in [5.41, 5.74) is 2.05. The Morgan fingerprint density at radius 3 is 2.50 bits per heavy atom. The zero-order chi connectivity index (χ0) is 20.7. The van der Waals surface area contributed by atoms with E-state index in [-0.39, 0.29) is 10.8 Å². The Bertz CT molecular complexity index is 1020. The summed E-state index contributed by atoms with van der Waals surface area (Å²) in [6.07, 6.45) is 5.32. The number of carbonyl (C=O) groups is 1. The van der Waals surface area contributed by atoms with Gasteiger partial charge in [-0.15, -0.1) is 11.3 Å². The normalized spacial score (nSPS) is 22.7. The minimum absolute atomic E-state index is 0.0468. The summed E-state index contributed by atoms with van der Waals surface area (Å²) >= 11 is 1.83. The molecule has 3 aliphatic rings. The maximum absolute atomic E-state index is 12.7. The molecule has 5 rings (SSSR count). The highest BCUT2D eigenvalue weighted by Crippen LogP contribution is 2.48. The summed E-state index contributed by atoms with van der Waals surface area (Å²) < 4.78 is 26.8. The number of hydrogen-bond donors (Lipinski definition) is 1. The van der Waals surface area contributed by atoms with E-state index in [4.69, 9.17) is 0 Å². The van der Waals surface area contributed by atoms with Crippen molar-refractivity contribution in [2.75, 3.05) is 31.5 Å². The first-order valence-electron chi connectivity index (χ1n) is 10.7. The van der Waals surface area contributed by atoms with Gasteiger partial charge in [-0.2, -0.15) is 4.31 Å². The number of rotatable bonds is 6. The topological polar surface area (TPSA) is 69.7 Å². The first kappa shape index (κ1) is 20.2. The van der Waals surface area contributed by atoms with Gasteiger partial charge in [-0.3, -0.25) is 9.69 Å². The third-order valence-corrected chi connectivity index (χ3v) is 9.28. The molecule has 1 aromatic heterocycles. The van der Waals surface area contributed by atoms with Crippen molar-refractivity contribution in [3.63, 3.8) is 0 Å². The van der Waals surface area contributed by atoms with Crippen molar-refractivity contribution in [3.8, 4) is 0 Å². The minimum atomic E-state index is -3.43. The molecule has 30 heavy (non-hydrogen) atoms. The van der Waals surface area contributed by atoms with E-state index in [1.807, 2.05) is 11.3 Å². The third kappa shape index (κ3) is 3.93. The molecule has 0 radical (unpaired) electrons. The van der Waals surface area contributed by atoms with Crippen LogP contribution in [0.15, 0.2) is 40.6 Å². The fraction of sp³-hybridized carbons (Fsp3) is 0.500. The predicted octanol–water partition coefficient (Wildman–Crippen LogP) is 3.48. The Kier molecular flexibility index (Phi) is 5.43. The SMILES string of the molecule is O=C(CN1CCc2sccc2[C@@H]1C1CC1)Nc1ccc(S(=O)(=O)N2CCCC2)cc1. The Hall–Kier alpha value is -1.74. The zero-order valence-electron chi connectivity index (χ0n) is 16.9. The van der Waals surface area contributed by atoms with E-state index < -0.39 is 10.0 Å². The summed E-state index contributed by atoms with van der Waals surface area (Å²) in [5, 5.41) is 5.12. The van der Waals surface area contributed by atoms with Gasteiger partial charge in [0.15, 0.2) is 0 Å². The van der Waals surface area contributed by atoms with Crippen molar-refractivity contribution >= 4 is 33.0 Å². The molecule has 6 nitrogen and oxygen atoms in total. The molecule has 1 atom stereocenters. The van der Waals surface area contributed by atoms with E-state index in [0.717, 1.165) is 25.8 Å². The van der Waals surface area contributed by atoms with Gasteiger partial charge in [-0.05, 0) is 79.3 Å². The fourth-order valence-electron chi connectivity index (χ4n) is 4.71. The fourth-order valence-corrected chi connectivity index (χ4v) is 7.14. The molecular weight excluding hydrogens is 418 g/mol. The van der Waals surface area contributed by atoms with Crippen LogP contribution in [-0.2, 0) is 21.2 Å². The van der Waals surface area contributed by atoms with Gasteiger partial charge in [0.2, 0.25) is 15.9 Å². The van der Waals surface area contributed by atoms with E-state index in [1.54, 1.807) is 24.3 Å². The van der Waals surface area contributed by atoms with Gasteiger partial charge in [0.05, 0.1) is 11.4 Å². The number of anilines is 1. The lowest BCUT2D eigenvalue weighted by atomic mass is 9.96. The van der Waals surface area contributed by atoms with Gasteiger partial charge in [0.1, 0.15) is 0 Å². The van der Waals surface area contributed by atoms with Crippen LogP contribution in [0.25, 0.3) is 0 Å². The third-order valence-electron chi connectivity index (χ3n) is 6.37. The van der Waals surface area contributed by atoms with Crippen molar-refractivity contribution in [3.05, 3.63) is 46.2 Å². The molecule has 8 heteroatoms. The molecule has 0 bridgehead atoms. The highest BCUT2D eigenvalue weighted by Gasteiger charge is 2.40. The molecule has 2 aromatic rings. The second kappa shape index (κ2) is 8.07. The first-order valence-corrected chi connectivity index (χ1v) is 13.0. The maximum Gasteiger partial charge on any atom is 0.243 e. The smallest absolute Gasteiger partial charge is 0.243 e. The Morgan fingerprint density at radius 1 is 1.07 bits per heavy atom. The molecule has 1 N–H and O–H groups in total. The molecule has 2 fully saturated rings. The van der Waals surface area contributed by atoms with Crippen LogP contribution < -0.4 is 5.32 Å². The van der Waals surface area contributed by atoms with Crippen LogP contribution in [0.3, 0.4) is 0 Å². The van der Waals surface area contributed by atoms with Crippen LogP contribution in [-0.4, -0.2) is 49.7 Å². The average molecular weight is 446 g/mol.